The number of halogens is 1. The van der Waals surface area contributed by atoms with Crippen LogP contribution < -0.4 is 0 Å². The molecule has 2 atom stereocenters. The van der Waals surface area contributed by atoms with Gasteiger partial charge >= 0.3 is 0 Å². The molecular formula is C10H11ClS. The van der Waals surface area contributed by atoms with Crippen molar-refractivity contribution in [2.75, 3.05) is 0 Å². The first-order chi connectivity index (χ1) is 5.77. The van der Waals surface area contributed by atoms with Gasteiger partial charge in [-0.15, -0.1) is 11.8 Å². The number of benzene rings is 1. The van der Waals surface area contributed by atoms with Crippen molar-refractivity contribution in [3.05, 3.63) is 29.3 Å². The minimum absolute atomic E-state index is 0.810. The van der Waals surface area contributed by atoms with E-state index in [1.807, 2.05) is 30.0 Å². The van der Waals surface area contributed by atoms with Crippen LogP contribution in [0.1, 0.15) is 13.3 Å². The van der Waals surface area contributed by atoms with E-state index < -0.39 is 0 Å². The summed E-state index contributed by atoms with van der Waals surface area (Å²) in [5.41, 5.74) is 0. The summed E-state index contributed by atoms with van der Waals surface area (Å²) >= 11 is 7.94. The maximum atomic E-state index is 6.02. The molecule has 1 saturated carbocycles. The summed E-state index contributed by atoms with van der Waals surface area (Å²) in [6, 6.07) is 8.07. The zero-order valence-corrected chi connectivity index (χ0v) is 8.53. The number of rotatable bonds is 2. The molecule has 2 heteroatoms. The number of hydrogen-bond donors (Lipinski definition) is 0. The van der Waals surface area contributed by atoms with Crippen molar-refractivity contribution in [3.8, 4) is 0 Å². The van der Waals surface area contributed by atoms with Gasteiger partial charge in [-0.25, -0.2) is 0 Å². The predicted octanol–water partition coefficient (Wildman–Crippen LogP) is 3.84. The molecule has 0 aliphatic heterocycles. The van der Waals surface area contributed by atoms with Crippen LogP contribution in [-0.2, 0) is 0 Å². The Morgan fingerprint density at radius 3 is 2.67 bits per heavy atom. The first-order valence-corrected chi connectivity index (χ1v) is 5.44. The van der Waals surface area contributed by atoms with Gasteiger partial charge in [-0.1, -0.05) is 30.7 Å². The Kier molecular flexibility index (Phi) is 2.33. The second-order valence-electron chi connectivity index (χ2n) is 3.30. The minimum Gasteiger partial charge on any atom is -0.121 e. The first kappa shape index (κ1) is 8.46. The average Bonchev–Trinajstić information content (AvgIpc) is 2.72. The summed E-state index contributed by atoms with van der Waals surface area (Å²) in [5, 5.41) is 1.70. The lowest BCUT2D eigenvalue weighted by Gasteiger charge is -2.01. The van der Waals surface area contributed by atoms with E-state index in [-0.39, 0.29) is 0 Å². The Bertz CT molecular complexity index is 285. The zero-order chi connectivity index (χ0) is 8.55. The van der Waals surface area contributed by atoms with Crippen LogP contribution in [0, 0.1) is 5.92 Å². The van der Waals surface area contributed by atoms with Crippen LogP contribution in [0.15, 0.2) is 29.2 Å². The highest BCUT2D eigenvalue weighted by Gasteiger charge is 2.33. The predicted molar refractivity (Wildman–Crippen MR) is 54.9 cm³/mol. The third-order valence-electron chi connectivity index (χ3n) is 2.15. The number of hydrogen-bond acceptors (Lipinski definition) is 1. The van der Waals surface area contributed by atoms with E-state index >= 15 is 0 Å². The molecule has 0 amide bonds. The second-order valence-corrected chi connectivity index (χ2v) is 4.99. The molecule has 1 unspecified atom stereocenters. The summed E-state index contributed by atoms with van der Waals surface area (Å²) in [4.78, 5) is 1.23. The highest BCUT2D eigenvalue weighted by atomic mass is 35.5. The summed E-state index contributed by atoms with van der Waals surface area (Å²) < 4.78 is 0. The normalized spacial score (nSPS) is 27.2. The summed E-state index contributed by atoms with van der Waals surface area (Å²) in [6.07, 6.45) is 1.34. The lowest BCUT2D eigenvalue weighted by Crippen LogP contribution is -1.79. The molecule has 12 heavy (non-hydrogen) atoms. The summed E-state index contributed by atoms with van der Waals surface area (Å²) in [7, 11) is 0. The third kappa shape index (κ3) is 1.78. The molecule has 0 saturated heterocycles. The van der Waals surface area contributed by atoms with Crippen molar-refractivity contribution < 1.29 is 0 Å². The molecule has 0 aromatic heterocycles. The fourth-order valence-corrected chi connectivity index (χ4v) is 2.72. The van der Waals surface area contributed by atoms with Crippen LogP contribution >= 0.6 is 23.4 Å². The van der Waals surface area contributed by atoms with E-state index in [0.717, 1.165) is 16.2 Å². The Hall–Kier alpha value is -0.140. The topological polar surface area (TPSA) is 0 Å². The second kappa shape index (κ2) is 3.31. The highest BCUT2D eigenvalue weighted by Crippen LogP contribution is 2.46. The molecule has 1 aliphatic carbocycles. The Morgan fingerprint density at radius 1 is 1.42 bits per heavy atom. The van der Waals surface area contributed by atoms with Gasteiger partial charge in [-0.05, 0) is 24.5 Å². The molecule has 0 bridgehead atoms. The summed E-state index contributed by atoms with van der Waals surface area (Å²) in [6.45, 7) is 2.29. The van der Waals surface area contributed by atoms with Gasteiger partial charge in [0, 0.05) is 10.1 Å². The van der Waals surface area contributed by atoms with Crippen molar-refractivity contribution in [3.63, 3.8) is 0 Å². The molecule has 0 spiro atoms. The standard InChI is InChI=1S/C10H11ClS/c1-7-6-10(7)12-9-5-3-2-4-8(9)11/h2-5,7,10H,6H2,1H3/t7-,10?/m1/s1. The largest absolute Gasteiger partial charge is 0.121 e. The smallest absolute Gasteiger partial charge is 0.0541 e. The Balaban J connectivity index is 2.08. The molecule has 0 radical (unpaired) electrons. The molecule has 0 nitrogen and oxygen atoms in total. The monoisotopic (exact) mass is 198 g/mol. The van der Waals surface area contributed by atoms with E-state index in [1.165, 1.54) is 11.3 Å². The van der Waals surface area contributed by atoms with Crippen molar-refractivity contribution in [1.29, 1.82) is 0 Å². The molecule has 0 heterocycles. The molecule has 64 valence electrons. The van der Waals surface area contributed by atoms with Gasteiger partial charge in [0.1, 0.15) is 0 Å². The Labute approximate surface area is 82.3 Å². The zero-order valence-electron chi connectivity index (χ0n) is 6.96. The molecule has 2 rings (SSSR count). The van der Waals surface area contributed by atoms with Gasteiger partial charge in [-0.3, -0.25) is 0 Å². The van der Waals surface area contributed by atoms with Crippen LogP contribution in [0.5, 0.6) is 0 Å². The fraction of sp³-hybridized carbons (Fsp3) is 0.400. The summed E-state index contributed by atoms with van der Waals surface area (Å²) in [5.74, 6) is 0.881. The molecule has 1 fully saturated rings. The van der Waals surface area contributed by atoms with Gasteiger partial charge in [0.15, 0.2) is 0 Å². The van der Waals surface area contributed by atoms with Crippen molar-refractivity contribution in [1.82, 2.24) is 0 Å². The van der Waals surface area contributed by atoms with E-state index in [2.05, 4.69) is 13.0 Å². The third-order valence-corrected chi connectivity index (χ3v) is 4.16. The molecule has 1 aromatic rings. The van der Waals surface area contributed by atoms with Crippen LogP contribution in [0.4, 0.5) is 0 Å². The lowest BCUT2D eigenvalue weighted by molar-refractivity contribution is 0.987. The van der Waals surface area contributed by atoms with Gasteiger partial charge in [0.2, 0.25) is 0 Å². The average molecular weight is 199 g/mol. The molecule has 1 aromatic carbocycles. The molecular weight excluding hydrogens is 188 g/mol. The van der Waals surface area contributed by atoms with Crippen LogP contribution in [0.25, 0.3) is 0 Å². The molecule has 1 aliphatic rings. The van der Waals surface area contributed by atoms with E-state index in [9.17, 15) is 0 Å². The van der Waals surface area contributed by atoms with Crippen molar-refractivity contribution >= 4 is 23.4 Å². The maximum absolute atomic E-state index is 6.02. The van der Waals surface area contributed by atoms with Gasteiger partial charge < -0.3 is 0 Å². The SMILES string of the molecule is C[C@@H]1CC1Sc1ccccc1Cl. The van der Waals surface area contributed by atoms with Crippen molar-refractivity contribution in [2.24, 2.45) is 5.92 Å². The van der Waals surface area contributed by atoms with Crippen LogP contribution in [-0.4, -0.2) is 5.25 Å². The van der Waals surface area contributed by atoms with Crippen LogP contribution in [0.3, 0.4) is 0 Å². The quantitative estimate of drug-likeness (QED) is 0.696. The van der Waals surface area contributed by atoms with Gasteiger partial charge in [-0.2, -0.15) is 0 Å². The fourth-order valence-electron chi connectivity index (χ4n) is 1.16. The van der Waals surface area contributed by atoms with Crippen LogP contribution in [0.2, 0.25) is 5.02 Å². The highest BCUT2D eigenvalue weighted by molar-refractivity contribution is 8.00. The van der Waals surface area contributed by atoms with E-state index in [0.29, 0.717) is 0 Å². The first-order valence-electron chi connectivity index (χ1n) is 4.18. The van der Waals surface area contributed by atoms with Crippen molar-refractivity contribution in [2.45, 2.75) is 23.5 Å². The van der Waals surface area contributed by atoms with E-state index in [4.69, 9.17) is 11.6 Å². The van der Waals surface area contributed by atoms with Gasteiger partial charge in [0.25, 0.3) is 0 Å². The molecule has 0 N–H and O–H groups in total. The number of thioether (sulfide) groups is 1. The van der Waals surface area contributed by atoms with Gasteiger partial charge in [0.05, 0.1) is 5.02 Å². The Morgan fingerprint density at radius 2 is 2.08 bits per heavy atom. The minimum atomic E-state index is 0.810. The lowest BCUT2D eigenvalue weighted by atomic mass is 10.4. The maximum Gasteiger partial charge on any atom is 0.0541 e. The van der Waals surface area contributed by atoms with E-state index in [1.54, 1.807) is 0 Å².